The first-order valence-electron chi connectivity index (χ1n) is 8.55. The summed E-state index contributed by atoms with van der Waals surface area (Å²) in [4.78, 5) is 16.4. The molecule has 0 spiro atoms. The monoisotopic (exact) mass is 354 g/mol. The van der Waals surface area contributed by atoms with Gasteiger partial charge in [0.25, 0.3) is 5.91 Å². The lowest BCUT2D eigenvalue weighted by molar-refractivity contribution is -0.0602. The van der Waals surface area contributed by atoms with Crippen molar-refractivity contribution in [1.29, 1.82) is 0 Å². The van der Waals surface area contributed by atoms with Crippen molar-refractivity contribution in [1.82, 2.24) is 9.80 Å². The van der Waals surface area contributed by atoms with Gasteiger partial charge in [-0.25, -0.2) is 8.78 Å². The van der Waals surface area contributed by atoms with E-state index < -0.39 is 23.1 Å². The zero-order chi connectivity index (χ0) is 18.2. The van der Waals surface area contributed by atoms with E-state index in [-0.39, 0.29) is 23.8 Å². The first kappa shape index (κ1) is 18.1. The number of aliphatic hydroxyl groups excluding tert-OH is 1. The normalized spacial score (nSPS) is 27.1. The summed E-state index contributed by atoms with van der Waals surface area (Å²) in [5, 5.41) is 9.92. The van der Waals surface area contributed by atoms with E-state index in [1.165, 1.54) is 12.0 Å². The van der Waals surface area contributed by atoms with Crippen molar-refractivity contribution in [3.63, 3.8) is 0 Å². The van der Waals surface area contributed by atoms with Crippen LogP contribution >= 0.6 is 0 Å². The van der Waals surface area contributed by atoms with Crippen molar-refractivity contribution in [3.8, 4) is 5.75 Å². The number of carbonyl (C=O) groups excluding carboxylic acids is 1. The van der Waals surface area contributed by atoms with Gasteiger partial charge in [0.2, 0.25) is 0 Å². The molecular weight excluding hydrogens is 330 g/mol. The summed E-state index contributed by atoms with van der Waals surface area (Å²) in [5.41, 5.74) is -0.781. The highest BCUT2D eigenvalue weighted by atomic mass is 19.1. The summed E-state index contributed by atoms with van der Waals surface area (Å²) >= 11 is 0. The molecule has 2 atom stereocenters. The third-order valence-electron chi connectivity index (χ3n) is 5.76. The van der Waals surface area contributed by atoms with Crippen LogP contribution in [0.25, 0.3) is 0 Å². The Labute approximate surface area is 146 Å². The van der Waals surface area contributed by atoms with Crippen molar-refractivity contribution in [2.24, 2.45) is 5.41 Å². The third kappa shape index (κ3) is 3.11. The second kappa shape index (κ2) is 6.88. The molecule has 0 unspecified atom stereocenters. The molecule has 138 valence electrons. The minimum atomic E-state index is -0.919. The van der Waals surface area contributed by atoms with Gasteiger partial charge in [-0.05, 0) is 32.9 Å². The van der Waals surface area contributed by atoms with Crippen LogP contribution in [0, 0.1) is 17.0 Å². The summed E-state index contributed by atoms with van der Waals surface area (Å²) in [6.07, 6.45) is 2.54. The Bertz CT molecular complexity index is 647. The van der Waals surface area contributed by atoms with E-state index in [0.717, 1.165) is 31.5 Å². The number of benzene rings is 1. The number of likely N-dealkylation sites (N-methyl/N-ethyl adjacent to an activating group) is 1. The van der Waals surface area contributed by atoms with Crippen LogP contribution in [0.5, 0.6) is 5.75 Å². The number of nitrogens with zero attached hydrogens (tertiary/aromatic N) is 2. The van der Waals surface area contributed by atoms with Gasteiger partial charge in [-0.1, -0.05) is 0 Å². The van der Waals surface area contributed by atoms with Crippen molar-refractivity contribution in [3.05, 3.63) is 29.3 Å². The second-order valence-electron chi connectivity index (χ2n) is 7.09. The lowest BCUT2D eigenvalue weighted by Gasteiger charge is -2.53. The first-order valence-corrected chi connectivity index (χ1v) is 8.55. The predicted molar refractivity (Wildman–Crippen MR) is 88.6 cm³/mol. The number of methoxy groups -OCH3 is 1. The van der Waals surface area contributed by atoms with Gasteiger partial charge in [0, 0.05) is 36.7 Å². The van der Waals surface area contributed by atoms with Gasteiger partial charge < -0.3 is 19.6 Å². The first-order chi connectivity index (χ1) is 11.9. The number of piperidine rings is 2. The zero-order valence-electron chi connectivity index (χ0n) is 14.6. The van der Waals surface area contributed by atoms with Crippen LogP contribution in [0.1, 0.15) is 29.6 Å². The number of hydrogen-bond acceptors (Lipinski definition) is 4. The molecule has 0 radical (unpaired) electrons. The van der Waals surface area contributed by atoms with Crippen molar-refractivity contribution in [2.45, 2.75) is 25.3 Å². The number of halogens is 2. The van der Waals surface area contributed by atoms with E-state index in [4.69, 9.17) is 4.74 Å². The fourth-order valence-corrected chi connectivity index (χ4v) is 4.23. The fourth-order valence-electron chi connectivity index (χ4n) is 4.23. The number of rotatable bonds is 3. The van der Waals surface area contributed by atoms with E-state index in [9.17, 15) is 18.7 Å². The molecule has 25 heavy (non-hydrogen) atoms. The Morgan fingerprint density at radius 3 is 2.60 bits per heavy atom. The molecule has 5 nitrogen and oxygen atoms in total. The molecule has 0 saturated carbocycles. The van der Waals surface area contributed by atoms with E-state index in [0.29, 0.717) is 19.5 Å². The maximum atomic E-state index is 14.2. The van der Waals surface area contributed by atoms with Gasteiger partial charge in [0.05, 0.1) is 13.7 Å². The van der Waals surface area contributed by atoms with Gasteiger partial charge in [0.15, 0.2) is 0 Å². The number of likely N-dealkylation sites (tertiary alicyclic amines) is 2. The Morgan fingerprint density at radius 2 is 2.00 bits per heavy atom. The summed E-state index contributed by atoms with van der Waals surface area (Å²) in [6.45, 7) is 1.70. The quantitative estimate of drug-likeness (QED) is 0.901. The molecule has 2 heterocycles. The number of aliphatic hydroxyl groups is 1. The third-order valence-corrected chi connectivity index (χ3v) is 5.76. The van der Waals surface area contributed by atoms with Gasteiger partial charge in [-0.15, -0.1) is 0 Å². The molecule has 0 bridgehead atoms. The molecule has 2 aliphatic heterocycles. The molecule has 1 amide bonds. The average Bonchev–Trinajstić information content (AvgIpc) is 2.60. The van der Waals surface area contributed by atoms with Gasteiger partial charge in [-0.3, -0.25) is 4.79 Å². The summed E-state index contributed by atoms with van der Waals surface area (Å²) in [5.74, 6) is -2.45. The van der Waals surface area contributed by atoms with Gasteiger partial charge in [0.1, 0.15) is 22.9 Å². The van der Waals surface area contributed by atoms with Crippen molar-refractivity contribution in [2.75, 3.05) is 40.4 Å². The molecule has 7 heteroatoms. The van der Waals surface area contributed by atoms with Crippen molar-refractivity contribution >= 4 is 5.91 Å². The van der Waals surface area contributed by atoms with Crippen LogP contribution in [0.4, 0.5) is 8.78 Å². The molecule has 1 aromatic carbocycles. The second-order valence-corrected chi connectivity index (χ2v) is 7.09. The molecule has 2 saturated heterocycles. The number of fused-ring (bicyclic) bond motifs is 1. The molecule has 0 aromatic heterocycles. The lowest BCUT2D eigenvalue weighted by atomic mass is 9.69. The minimum Gasteiger partial charge on any atom is -0.497 e. The Morgan fingerprint density at radius 1 is 1.32 bits per heavy atom. The predicted octanol–water partition coefficient (Wildman–Crippen LogP) is 1.89. The van der Waals surface area contributed by atoms with Crippen LogP contribution in [0.15, 0.2) is 12.1 Å². The molecule has 2 aliphatic rings. The Kier molecular flexibility index (Phi) is 4.97. The number of carbonyl (C=O) groups is 1. The highest BCUT2D eigenvalue weighted by Gasteiger charge is 2.47. The maximum absolute atomic E-state index is 14.2. The van der Waals surface area contributed by atoms with Crippen LogP contribution in [-0.4, -0.2) is 67.3 Å². The molecule has 0 aliphatic carbocycles. The van der Waals surface area contributed by atoms with E-state index in [2.05, 4.69) is 4.90 Å². The van der Waals surface area contributed by atoms with E-state index in [1.807, 2.05) is 7.05 Å². The van der Waals surface area contributed by atoms with Crippen LogP contribution in [-0.2, 0) is 0 Å². The molecule has 3 rings (SSSR count). The van der Waals surface area contributed by atoms with Gasteiger partial charge in [-0.2, -0.15) is 0 Å². The maximum Gasteiger partial charge on any atom is 0.259 e. The van der Waals surface area contributed by atoms with Crippen LogP contribution in [0.3, 0.4) is 0 Å². The van der Waals surface area contributed by atoms with Crippen LogP contribution < -0.4 is 4.74 Å². The summed E-state index contributed by atoms with van der Waals surface area (Å²) < 4.78 is 33.3. The van der Waals surface area contributed by atoms with Crippen molar-refractivity contribution < 1.29 is 23.4 Å². The zero-order valence-corrected chi connectivity index (χ0v) is 14.6. The number of ether oxygens (including phenoxy) is 1. The fraction of sp³-hybridized carbons (Fsp3) is 0.611. The average molecular weight is 354 g/mol. The van der Waals surface area contributed by atoms with E-state index in [1.54, 1.807) is 0 Å². The lowest BCUT2D eigenvalue weighted by Crippen LogP contribution is -2.62. The SMILES string of the molecule is COc1cc(F)c(C(=O)N2CC[C@@]3(CO)CCCN(C)[C@@H]3C2)c(F)c1. The largest absolute Gasteiger partial charge is 0.497 e. The summed E-state index contributed by atoms with van der Waals surface area (Å²) in [7, 11) is 3.28. The minimum absolute atomic E-state index is 0.00618. The van der Waals surface area contributed by atoms with Crippen LogP contribution in [0.2, 0.25) is 0 Å². The summed E-state index contributed by atoms with van der Waals surface area (Å²) in [6, 6.07) is 2.03. The standard InChI is InChI=1S/C18H24F2N2O3/c1-21-6-3-4-18(11-23)5-7-22(10-15(18)21)17(24)16-13(19)8-12(25-2)9-14(16)20/h8-9,15,23H,3-7,10-11H2,1-2H3/t15-,18-/m1/s1. The molecule has 1 aromatic rings. The molecular formula is C18H24F2N2O3. The topological polar surface area (TPSA) is 53.0 Å². The molecule has 1 N–H and O–H groups in total. The van der Waals surface area contributed by atoms with Gasteiger partial charge >= 0.3 is 0 Å². The Balaban J connectivity index is 1.85. The Hall–Kier alpha value is -1.73. The highest BCUT2D eigenvalue weighted by molar-refractivity contribution is 5.95. The molecule has 2 fully saturated rings. The van der Waals surface area contributed by atoms with E-state index >= 15 is 0 Å². The highest BCUT2D eigenvalue weighted by Crippen LogP contribution is 2.41. The number of amides is 1. The number of hydrogen-bond donors (Lipinski definition) is 1. The smallest absolute Gasteiger partial charge is 0.259 e.